The van der Waals surface area contributed by atoms with Crippen molar-refractivity contribution in [3.05, 3.63) is 24.3 Å². The smallest absolute Gasteiger partial charge is 0.272 e. The fraction of sp³-hybridized carbons (Fsp3) is 0.455. The summed E-state index contributed by atoms with van der Waals surface area (Å²) < 4.78 is 28.6. The molecule has 0 atom stereocenters. The highest BCUT2D eigenvalue weighted by Gasteiger charge is 2.15. The van der Waals surface area contributed by atoms with Crippen LogP contribution in [0.3, 0.4) is 0 Å². The number of hydrogen-bond donors (Lipinski definition) is 0. The van der Waals surface area contributed by atoms with Gasteiger partial charge in [-0.2, -0.15) is 0 Å². The van der Waals surface area contributed by atoms with Crippen LogP contribution in [-0.2, 0) is 0 Å². The number of halogens is 2. The number of benzene rings is 1. The van der Waals surface area contributed by atoms with Gasteiger partial charge < -0.3 is 4.74 Å². The number of rotatable bonds is 4. The van der Waals surface area contributed by atoms with Crippen LogP contribution in [-0.4, -0.2) is 21.1 Å². The average molecular weight is 230 g/mol. The van der Waals surface area contributed by atoms with Crippen molar-refractivity contribution < 1.29 is 13.5 Å². The lowest BCUT2D eigenvalue weighted by molar-refractivity contribution is 0.0819. The highest BCUT2D eigenvalue weighted by atomic mass is 28.3. The summed E-state index contributed by atoms with van der Waals surface area (Å²) in [5.74, 6) is 0.511. The lowest BCUT2D eigenvalue weighted by atomic mass is 10.3. The van der Waals surface area contributed by atoms with Gasteiger partial charge in [0, 0.05) is 0 Å². The van der Waals surface area contributed by atoms with Crippen molar-refractivity contribution in [2.75, 3.05) is 6.61 Å². The Morgan fingerprint density at radius 1 is 1.13 bits per heavy atom. The Hall–Kier alpha value is -0.903. The highest BCUT2D eigenvalue weighted by Crippen LogP contribution is 2.11. The summed E-state index contributed by atoms with van der Waals surface area (Å²) in [6.07, 6.45) is -2.42. The molecule has 0 N–H and O–H groups in total. The van der Waals surface area contributed by atoms with Gasteiger partial charge in [-0.05, 0) is 12.1 Å². The lowest BCUT2D eigenvalue weighted by Crippen LogP contribution is -2.37. The molecule has 0 bridgehead atoms. The van der Waals surface area contributed by atoms with Crippen LogP contribution in [0, 0.1) is 0 Å². The van der Waals surface area contributed by atoms with Crippen LogP contribution in [0.5, 0.6) is 5.75 Å². The number of hydrogen-bond acceptors (Lipinski definition) is 1. The van der Waals surface area contributed by atoms with E-state index >= 15 is 0 Å². The zero-order valence-electron chi connectivity index (χ0n) is 9.26. The van der Waals surface area contributed by atoms with Gasteiger partial charge in [-0.1, -0.05) is 37.0 Å². The summed E-state index contributed by atoms with van der Waals surface area (Å²) in [4.78, 5) is 0. The summed E-state index contributed by atoms with van der Waals surface area (Å²) >= 11 is 0. The molecule has 0 unspecified atom stereocenters. The average Bonchev–Trinajstić information content (AvgIpc) is 2.14. The van der Waals surface area contributed by atoms with Gasteiger partial charge in [0.1, 0.15) is 12.4 Å². The van der Waals surface area contributed by atoms with E-state index in [9.17, 15) is 8.78 Å². The summed E-state index contributed by atoms with van der Waals surface area (Å²) in [6.45, 7) is 6.18. The molecular formula is C11H16F2OSi. The summed E-state index contributed by atoms with van der Waals surface area (Å²) in [6, 6.07) is 7.45. The van der Waals surface area contributed by atoms with E-state index in [1.54, 1.807) is 12.1 Å². The molecule has 15 heavy (non-hydrogen) atoms. The standard InChI is InChI=1S/C11H16F2OSi/c1-15(2,3)10-6-4-9(5-7-10)14-8-11(12)13/h4-7,11H,8H2,1-3H3. The van der Waals surface area contributed by atoms with E-state index in [1.807, 2.05) is 12.1 Å². The molecule has 0 saturated carbocycles. The second-order valence-electron chi connectivity index (χ2n) is 4.48. The molecule has 0 amide bonds. The fourth-order valence-electron chi connectivity index (χ4n) is 1.21. The molecule has 0 heterocycles. The first-order valence-corrected chi connectivity index (χ1v) is 8.41. The first-order valence-electron chi connectivity index (χ1n) is 4.91. The molecule has 1 aromatic rings. The molecular weight excluding hydrogens is 214 g/mol. The van der Waals surface area contributed by atoms with Crippen molar-refractivity contribution in [3.8, 4) is 5.75 Å². The number of ether oxygens (including phenoxy) is 1. The zero-order chi connectivity index (χ0) is 11.5. The second kappa shape index (κ2) is 4.75. The Morgan fingerprint density at radius 3 is 2.07 bits per heavy atom. The minimum Gasteiger partial charge on any atom is -0.488 e. The second-order valence-corrected chi connectivity index (χ2v) is 9.55. The normalized spacial score (nSPS) is 11.9. The van der Waals surface area contributed by atoms with Crippen molar-refractivity contribution >= 4 is 13.3 Å². The van der Waals surface area contributed by atoms with Crippen molar-refractivity contribution in [1.82, 2.24) is 0 Å². The van der Waals surface area contributed by atoms with Crippen LogP contribution in [0.2, 0.25) is 19.6 Å². The lowest BCUT2D eigenvalue weighted by Gasteiger charge is -2.16. The van der Waals surface area contributed by atoms with Crippen molar-refractivity contribution in [2.24, 2.45) is 0 Å². The van der Waals surface area contributed by atoms with Crippen LogP contribution in [0.25, 0.3) is 0 Å². The summed E-state index contributed by atoms with van der Waals surface area (Å²) in [5, 5.41) is 1.30. The SMILES string of the molecule is C[Si](C)(C)c1ccc(OCC(F)F)cc1. The highest BCUT2D eigenvalue weighted by molar-refractivity contribution is 6.88. The molecule has 0 saturated heterocycles. The van der Waals surface area contributed by atoms with Gasteiger partial charge in [-0.3, -0.25) is 0 Å². The van der Waals surface area contributed by atoms with E-state index in [0.717, 1.165) is 0 Å². The maximum atomic E-state index is 11.9. The molecule has 0 spiro atoms. The maximum absolute atomic E-state index is 11.9. The first-order chi connectivity index (χ1) is 6.89. The maximum Gasteiger partial charge on any atom is 0.272 e. The minimum absolute atomic E-state index is 0.511. The number of alkyl halides is 2. The van der Waals surface area contributed by atoms with Crippen molar-refractivity contribution in [1.29, 1.82) is 0 Å². The van der Waals surface area contributed by atoms with E-state index in [-0.39, 0.29) is 0 Å². The quantitative estimate of drug-likeness (QED) is 0.723. The molecule has 0 aliphatic rings. The molecule has 84 valence electrons. The largest absolute Gasteiger partial charge is 0.488 e. The van der Waals surface area contributed by atoms with Crippen LogP contribution < -0.4 is 9.92 Å². The molecule has 1 rings (SSSR count). The Bertz CT molecular complexity index is 303. The van der Waals surface area contributed by atoms with Gasteiger partial charge in [-0.15, -0.1) is 0 Å². The molecule has 1 nitrogen and oxygen atoms in total. The fourth-order valence-corrected chi connectivity index (χ4v) is 2.38. The van der Waals surface area contributed by atoms with E-state index < -0.39 is 21.1 Å². The molecule has 0 radical (unpaired) electrons. The zero-order valence-corrected chi connectivity index (χ0v) is 10.3. The van der Waals surface area contributed by atoms with Gasteiger partial charge in [0.2, 0.25) is 0 Å². The Labute approximate surface area is 90.1 Å². The van der Waals surface area contributed by atoms with Gasteiger partial charge in [0.15, 0.2) is 0 Å². The Kier molecular flexibility index (Phi) is 3.85. The third-order valence-corrected chi connectivity index (χ3v) is 4.16. The predicted octanol–water partition coefficient (Wildman–Crippen LogP) is 2.88. The third kappa shape index (κ3) is 3.99. The van der Waals surface area contributed by atoms with E-state index in [2.05, 4.69) is 19.6 Å². The monoisotopic (exact) mass is 230 g/mol. The predicted molar refractivity (Wildman–Crippen MR) is 60.9 cm³/mol. The first kappa shape index (κ1) is 12.2. The topological polar surface area (TPSA) is 9.23 Å². The Balaban J connectivity index is 2.65. The van der Waals surface area contributed by atoms with Crippen molar-refractivity contribution in [2.45, 2.75) is 26.1 Å². The van der Waals surface area contributed by atoms with Gasteiger partial charge in [0.25, 0.3) is 6.43 Å². The third-order valence-electron chi connectivity index (χ3n) is 2.10. The van der Waals surface area contributed by atoms with Crippen molar-refractivity contribution in [3.63, 3.8) is 0 Å². The van der Waals surface area contributed by atoms with E-state index in [4.69, 9.17) is 4.74 Å². The molecule has 0 aliphatic carbocycles. The van der Waals surface area contributed by atoms with Gasteiger partial charge >= 0.3 is 0 Å². The van der Waals surface area contributed by atoms with E-state index in [0.29, 0.717) is 5.75 Å². The van der Waals surface area contributed by atoms with Crippen LogP contribution in [0.15, 0.2) is 24.3 Å². The molecule has 0 aliphatic heterocycles. The summed E-state index contributed by atoms with van der Waals surface area (Å²) in [7, 11) is -1.30. The molecule has 0 fully saturated rings. The van der Waals surface area contributed by atoms with Gasteiger partial charge in [-0.25, -0.2) is 8.78 Å². The van der Waals surface area contributed by atoms with Crippen LogP contribution in [0.4, 0.5) is 8.78 Å². The molecule has 1 aromatic carbocycles. The van der Waals surface area contributed by atoms with Crippen LogP contribution >= 0.6 is 0 Å². The van der Waals surface area contributed by atoms with E-state index in [1.165, 1.54) is 5.19 Å². The van der Waals surface area contributed by atoms with Gasteiger partial charge in [0.05, 0.1) is 8.07 Å². The molecule has 0 aromatic heterocycles. The Morgan fingerprint density at radius 2 is 1.67 bits per heavy atom. The van der Waals surface area contributed by atoms with Crippen LogP contribution in [0.1, 0.15) is 0 Å². The molecule has 4 heteroatoms. The summed E-state index contributed by atoms with van der Waals surface area (Å²) in [5.41, 5.74) is 0. The minimum atomic E-state index is -2.42.